The molecule has 0 saturated carbocycles. The maximum Gasteiger partial charge on any atom is 0.0468 e. The molecular weight excluding hydrogens is 206 g/mol. The monoisotopic (exact) mass is 231 g/mol. The zero-order chi connectivity index (χ0) is 10.9. The van der Waals surface area contributed by atoms with Crippen molar-refractivity contribution in [1.82, 2.24) is 5.32 Å². The minimum atomic E-state index is 0.711. The van der Waals surface area contributed by atoms with Crippen LogP contribution in [-0.2, 0) is 4.74 Å². The number of hydrogen-bond acceptors (Lipinski definition) is 3. The summed E-state index contributed by atoms with van der Waals surface area (Å²) >= 11 is 1.95. The number of hydrogen-bond donors (Lipinski definition) is 1. The van der Waals surface area contributed by atoms with E-state index >= 15 is 0 Å². The molecule has 0 aromatic rings. The van der Waals surface area contributed by atoms with E-state index in [0.717, 1.165) is 25.7 Å². The maximum absolute atomic E-state index is 5.40. The van der Waals surface area contributed by atoms with Gasteiger partial charge in [-0.15, -0.1) is 0 Å². The lowest BCUT2D eigenvalue weighted by atomic mass is 9.93. The molecule has 1 unspecified atom stereocenters. The molecule has 1 N–H and O–H groups in total. The standard InChI is InChI=1S/C12H25NOS/c1-3-6-13-12(10-15-2)9-11-4-7-14-8-5-11/h11-13H,3-10H2,1-2H3. The summed E-state index contributed by atoms with van der Waals surface area (Å²) < 4.78 is 5.40. The summed E-state index contributed by atoms with van der Waals surface area (Å²) in [5.74, 6) is 2.14. The second-order valence-corrected chi connectivity index (χ2v) is 5.31. The Labute approximate surface area is 98.5 Å². The highest BCUT2D eigenvalue weighted by Crippen LogP contribution is 2.21. The largest absolute Gasteiger partial charge is 0.381 e. The first-order chi connectivity index (χ1) is 7.36. The van der Waals surface area contributed by atoms with E-state index in [1.54, 1.807) is 0 Å². The van der Waals surface area contributed by atoms with Gasteiger partial charge in [-0.25, -0.2) is 0 Å². The number of ether oxygens (including phenoxy) is 1. The van der Waals surface area contributed by atoms with Crippen molar-refractivity contribution in [2.45, 2.75) is 38.6 Å². The van der Waals surface area contributed by atoms with Gasteiger partial charge in [0.2, 0.25) is 0 Å². The van der Waals surface area contributed by atoms with E-state index < -0.39 is 0 Å². The van der Waals surface area contributed by atoms with E-state index in [0.29, 0.717) is 6.04 Å². The van der Waals surface area contributed by atoms with E-state index in [9.17, 15) is 0 Å². The summed E-state index contributed by atoms with van der Waals surface area (Å²) in [6.45, 7) is 5.35. The van der Waals surface area contributed by atoms with Crippen LogP contribution in [0.25, 0.3) is 0 Å². The fourth-order valence-electron chi connectivity index (χ4n) is 2.14. The smallest absolute Gasteiger partial charge is 0.0468 e. The molecule has 90 valence electrons. The van der Waals surface area contributed by atoms with Gasteiger partial charge >= 0.3 is 0 Å². The Bertz CT molecular complexity index is 149. The normalized spacial score (nSPS) is 20.4. The molecule has 1 fully saturated rings. The van der Waals surface area contributed by atoms with Gasteiger partial charge in [0.15, 0.2) is 0 Å². The maximum atomic E-state index is 5.40. The zero-order valence-electron chi connectivity index (χ0n) is 10.1. The molecule has 2 nitrogen and oxygen atoms in total. The van der Waals surface area contributed by atoms with Crippen LogP contribution < -0.4 is 5.32 Å². The number of thioether (sulfide) groups is 1. The van der Waals surface area contributed by atoms with Crippen molar-refractivity contribution >= 4 is 11.8 Å². The van der Waals surface area contributed by atoms with Gasteiger partial charge in [0.05, 0.1) is 0 Å². The van der Waals surface area contributed by atoms with Crippen LogP contribution in [-0.4, -0.2) is 37.8 Å². The van der Waals surface area contributed by atoms with Crippen LogP contribution >= 0.6 is 11.8 Å². The fraction of sp³-hybridized carbons (Fsp3) is 1.00. The molecule has 1 rings (SSSR count). The molecule has 0 radical (unpaired) electrons. The first-order valence-electron chi connectivity index (χ1n) is 6.16. The van der Waals surface area contributed by atoms with Crippen molar-refractivity contribution in [1.29, 1.82) is 0 Å². The summed E-state index contributed by atoms with van der Waals surface area (Å²) in [4.78, 5) is 0. The molecule has 0 aromatic heterocycles. The molecule has 1 atom stereocenters. The van der Waals surface area contributed by atoms with Gasteiger partial charge in [-0.2, -0.15) is 11.8 Å². The summed E-state index contributed by atoms with van der Waals surface area (Å²) in [5, 5.41) is 3.66. The molecule has 0 spiro atoms. The molecule has 0 bridgehead atoms. The molecule has 0 aliphatic carbocycles. The Morgan fingerprint density at radius 1 is 1.40 bits per heavy atom. The SMILES string of the molecule is CCCNC(CSC)CC1CCOCC1. The lowest BCUT2D eigenvalue weighted by molar-refractivity contribution is 0.0613. The first kappa shape index (κ1) is 13.3. The first-order valence-corrected chi connectivity index (χ1v) is 7.56. The van der Waals surface area contributed by atoms with Crippen LogP contribution in [0.5, 0.6) is 0 Å². The molecule has 1 saturated heterocycles. The quantitative estimate of drug-likeness (QED) is 0.727. The van der Waals surface area contributed by atoms with E-state index in [-0.39, 0.29) is 0 Å². The molecule has 0 amide bonds. The van der Waals surface area contributed by atoms with Crippen LogP contribution in [0.2, 0.25) is 0 Å². The van der Waals surface area contributed by atoms with Crippen molar-refractivity contribution in [3.8, 4) is 0 Å². The van der Waals surface area contributed by atoms with Gasteiger partial charge in [-0.1, -0.05) is 6.92 Å². The van der Waals surface area contributed by atoms with E-state index in [4.69, 9.17) is 4.74 Å². The predicted octanol–water partition coefficient (Wildman–Crippen LogP) is 2.53. The highest BCUT2D eigenvalue weighted by molar-refractivity contribution is 7.98. The lowest BCUT2D eigenvalue weighted by Crippen LogP contribution is -2.35. The van der Waals surface area contributed by atoms with Crippen LogP contribution in [0, 0.1) is 5.92 Å². The second-order valence-electron chi connectivity index (χ2n) is 4.40. The van der Waals surface area contributed by atoms with Gasteiger partial charge in [0.1, 0.15) is 0 Å². The van der Waals surface area contributed by atoms with Crippen LogP contribution in [0.1, 0.15) is 32.6 Å². The Balaban J connectivity index is 2.21. The Hall–Kier alpha value is 0.270. The topological polar surface area (TPSA) is 21.3 Å². The average Bonchev–Trinajstić information content (AvgIpc) is 2.28. The van der Waals surface area contributed by atoms with Gasteiger partial charge in [0.25, 0.3) is 0 Å². The molecule has 1 aliphatic heterocycles. The van der Waals surface area contributed by atoms with E-state index in [2.05, 4.69) is 18.5 Å². The third-order valence-corrected chi connectivity index (χ3v) is 3.75. The average molecular weight is 231 g/mol. The lowest BCUT2D eigenvalue weighted by Gasteiger charge is -2.27. The van der Waals surface area contributed by atoms with E-state index in [1.165, 1.54) is 31.4 Å². The molecule has 0 aromatic carbocycles. The van der Waals surface area contributed by atoms with Gasteiger partial charge in [-0.05, 0) is 44.4 Å². The van der Waals surface area contributed by atoms with Crippen LogP contribution in [0.3, 0.4) is 0 Å². The predicted molar refractivity (Wildman–Crippen MR) is 68.6 cm³/mol. The Kier molecular flexibility index (Phi) is 7.49. The summed E-state index contributed by atoms with van der Waals surface area (Å²) in [6.07, 6.45) is 7.30. The molecular formula is C12H25NOS. The van der Waals surface area contributed by atoms with Crippen molar-refractivity contribution < 1.29 is 4.74 Å². The zero-order valence-corrected chi connectivity index (χ0v) is 10.9. The molecule has 1 aliphatic rings. The highest BCUT2D eigenvalue weighted by atomic mass is 32.2. The van der Waals surface area contributed by atoms with Gasteiger partial charge in [0, 0.05) is 25.0 Å². The van der Waals surface area contributed by atoms with Crippen molar-refractivity contribution in [2.75, 3.05) is 31.8 Å². The molecule has 3 heteroatoms. The number of rotatable bonds is 7. The second kappa shape index (κ2) is 8.43. The molecule has 15 heavy (non-hydrogen) atoms. The van der Waals surface area contributed by atoms with E-state index in [1.807, 2.05) is 11.8 Å². The van der Waals surface area contributed by atoms with Gasteiger partial charge < -0.3 is 10.1 Å². The van der Waals surface area contributed by atoms with Crippen LogP contribution in [0.4, 0.5) is 0 Å². The minimum Gasteiger partial charge on any atom is -0.381 e. The number of nitrogens with one attached hydrogen (secondary N) is 1. The summed E-state index contributed by atoms with van der Waals surface area (Å²) in [5.41, 5.74) is 0. The van der Waals surface area contributed by atoms with Crippen molar-refractivity contribution in [2.24, 2.45) is 5.92 Å². The third-order valence-electron chi connectivity index (χ3n) is 3.01. The van der Waals surface area contributed by atoms with Crippen molar-refractivity contribution in [3.05, 3.63) is 0 Å². The minimum absolute atomic E-state index is 0.711. The highest BCUT2D eigenvalue weighted by Gasteiger charge is 2.18. The Morgan fingerprint density at radius 3 is 2.73 bits per heavy atom. The van der Waals surface area contributed by atoms with Gasteiger partial charge in [-0.3, -0.25) is 0 Å². The third kappa shape index (κ3) is 5.79. The summed E-state index contributed by atoms with van der Waals surface area (Å²) in [7, 11) is 0. The van der Waals surface area contributed by atoms with Crippen molar-refractivity contribution in [3.63, 3.8) is 0 Å². The Morgan fingerprint density at radius 2 is 2.13 bits per heavy atom. The van der Waals surface area contributed by atoms with Crippen LogP contribution in [0.15, 0.2) is 0 Å². The fourth-order valence-corrected chi connectivity index (χ4v) is 2.80. The molecule has 1 heterocycles. The summed E-state index contributed by atoms with van der Waals surface area (Å²) in [6, 6.07) is 0.711.